The van der Waals surface area contributed by atoms with Crippen LogP contribution in [0.3, 0.4) is 0 Å². The summed E-state index contributed by atoms with van der Waals surface area (Å²) in [5, 5.41) is 11.9. The fraction of sp³-hybridized carbons (Fsp3) is 0.310. The first-order chi connectivity index (χ1) is 16.8. The number of amides is 3. The molecule has 1 aliphatic heterocycles. The summed E-state index contributed by atoms with van der Waals surface area (Å²) >= 11 is 0. The summed E-state index contributed by atoms with van der Waals surface area (Å²) in [4.78, 5) is 29.1. The highest BCUT2D eigenvalue weighted by Crippen LogP contribution is 2.42. The van der Waals surface area contributed by atoms with Crippen molar-refractivity contribution in [2.75, 3.05) is 0 Å². The molecule has 1 aliphatic rings. The molecule has 0 saturated carbocycles. The van der Waals surface area contributed by atoms with Gasteiger partial charge < -0.3 is 5.32 Å². The quantitative estimate of drug-likeness (QED) is 0.452. The number of carbonyl (C=O) groups excluding carboxylic acids is 2. The zero-order valence-electron chi connectivity index (χ0n) is 20.6. The molecule has 3 amide bonds. The van der Waals surface area contributed by atoms with Crippen LogP contribution in [0, 0.1) is 0 Å². The number of imide groups is 1. The van der Waals surface area contributed by atoms with Crippen LogP contribution in [0.25, 0.3) is 0 Å². The van der Waals surface area contributed by atoms with Crippen molar-refractivity contribution >= 4 is 11.9 Å². The zero-order valence-corrected chi connectivity index (χ0v) is 20.6. The number of hydrogen-bond acceptors (Lipinski definition) is 4. The van der Waals surface area contributed by atoms with Crippen LogP contribution in [0.1, 0.15) is 62.4 Å². The highest BCUT2D eigenvalue weighted by atomic mass is 16.2. The van der Waals surface area contributed by atoms with Crippen molar-refractivity contribution in [1.29, 1.82) is 0 Å². The van der Waals surface area contributed by atoms with Crippen LogP contribution in [0.5, 0.6) is 0 Å². The molecule has 0 radical (unpaired) electrons. The number of nitrogens with one attached hydrogen (secondary N) is 1. The number of nitrogens with zero attached hydrogens (tertiary/aromatic N) is 3. The Morgan fingerprint density at radius 3 is 1.91 bits per heavy atom. The van der Waals surface area contributed by atoms with Gasteiger partial charge in [-0.15, -0.1) is 0 Å². The zero-order chi connectivity index (χ0) is 25.0. The van der Waals surface area contributed by atoms with E-state index in [4.69, 9.17) is 0 Å². The van der Waals surface area contributed by atoms with Crippen molar-refractivity contribution in [2.24, 2.45) is 10.2 Å². The van der Waals surface area contributed by atoms with Gasteiger partial charge in [-0.1, -0.05) is 91.0 Å². The van der Waals surface area contributed by atoms with Crippen LogP contribution in [0.15, 0.2) is 101 Å². The lowest BCUT2D eigenvalue weighted by Gasteiger charge is -2.33. The first-order valence-corrected chi connectivity index (χ1v) is 12.0. The molecule has 0 fully saturated rings. The Balaban J connectivity index is 1.68. The molecule has 6 heteroatoms. The van der Waals surface area contributed by atoms with Gasteiger partial charge in [-0.3, -0.25) is 9.69 Å². The van der Waals surface area contributed by atoms with E-state index in [-0.39, 0.29) is 17.9 Å². The van der Waals surface area contributed by atoms with E-state index in [1.165, 1.54) is 4.90 Å². The van der Waals surface area contributed by atoms with Gasteiger partial charge >= 0.3 is 6.03 Å². The molecule has 180 valence electrons. The largest absolute Gasteiger partial charge is 0.331 e. The molecule has 0 saturated heterocycles. The van der Waals surface area contributed by atoms with E-state index < -0.39 is 23.7 Å². The molecule has 0 aromatic heterocycles. The van der Waals surface area contributed by atoms with Crippen LogP contribution < -0.4 is 5.32 Å². The van der Waals surface area contributed by atoms with Gasteiger partial charge in [0.05, 0.1) is 17.6 Å². The Bertz CT molecular complexity index is 1180. The van der Waals surface area contributed by atoms with Gasteiger partial charge in [0.25, 0.3) is 5.91 Å². The van der Waals surface area contributed by atoms with Crippen LogP contribution in [0.2, 0.25) is 0 Å². The molecule has 4 atom stereocenters. The normalized spacial score (nSPS) is 20.1. The van der Waals surface area contributed by atoms with Gasteiger partial charge in [0.15, 0.2) is 6.04 Å². The third-order valence-corrected chi connectivity index (χ3v) is 6.69. The van der Waals surface area contributed by atoms with Gasteiger partial charge in [0, 0.05) is 5.92 Å². The maximum Gasteiger partial charge on any atom is 0.325 e. The summed E-state index contributed by atoms with van der Waals surface area (Å²) in [6.45, 7) is 7.73. The van der Waals surface area contributed by atoms with E-state index in [0.29, 0.717) is 0 Å². The molecule has 1 heterocycles. The highest BCUT2D eigenvalue weighted by molar-refractivity contribution is 5.98. The van der Waals surface area contributed by atoms with Crippen LogP contribution in [-0.2, 0) is 4.79 Å². The lowest BCUT2D eigenvalue weighted by molar-refractivity contribution is -0.131. The summed E-state index contributed by atoms with van der Waals surface area (Å²) in [5.41, 5.74) is 2.24. The predicted octanol–water partition coefficient (Wildman–Crippen LogP) is 6.44. The maximum absolute atomic E-state index is 14.1. The van der Waals surface area contributed by atoms with Crippen molar-refractivity contribution in [3.63, 3.8) is 0 Å². The number of carbonyl (C=O) groups is 2. The molecular weight excluding hydrogens is 436 g/mol. The molecule has 2 unspecified atom stereocenters. The molecule has 0 spiro atoms. The standard InChI is InChI=1S/C29H32N4O2/c1-20(22-14-8-5-9-15-22)30-28(35)33(21(2)23-16-10-6-11-17-23)27(34)26-25(29(3,4)32-31-26)24-18-12-7-13-19-24/h5-21,25-26H,1-4H3,(H,30,35)/t20-,21-,25?,26?/m0/s1. The number of hydrogen-bond donors (Lipinski definition) is 1. The second-order valence-electron chi connectivity index (χ2n) is 9.58. The van der Waals surface area contributed by atoms with Crippen molar-refractivity contribution < 1.29 is 9.59 Å². The topological polar surface area (TPSA) is 74.1 Å². The second kappa shape index (κ2) is 10.2. The van der Waals surface area contributed by atoms with Gasteiger partial charge in [-0.2, -0.15) is 10.2 Å². The predicted molar refractivity (Wildman–Crippen MR) is 137 cm³/mol. The first-order valence-electron chi connectivity index (χ1n) is 12.0. The van der Waals surface area contributed by atoms with E-state index in [1.54, 1.807) is 0 Å². The molecule has 0 aliphatic carbocycles. The van der Waals surface area contributed by atoms with E-state index in [0.717, 1.165) is 16.7 Å². The Morgan fingerprint density at radius 2 is 1.34 bits per heavy atom. The third-order valence-electron chi connectivity index (χ3n) is 6.69. The minimum atomic E-state index is -0.795. The summed E-state index contributed by atoms with van der Waals surface area (Å²) in [7, 11) is 0. The van der Waals surface area contributed by atoms with E-state index in [9.17, 15) is 9.59 Å². The van der Waals surface area contributed by atoms with Crippen LogP contribution in [0.4, 0.5) is 4.79 Å². The van der Waals surface area contributed by atoms with Crippen LogP contribution >= 0.6 is 0 Å². The summed E-state index contributed by atoms with van der Waals surface area (Å²) in [5.74, 6) is -0.636. The van der Waals surface area contributed by atoms with Gasteiger partial charge in [0.1, 0.15) is 0 Å². The molecule has 1 N–H and O–H groups in total. The second-order valence-corrected chi connectivity index (χ2v) is 9.58. The molecule has 4 rings (SSSR count). The van der Waals surface area contributed by atoms with Crippen LogP contribution in [-0.4, -0.2) is 28.4 Å². The Kier molecular flexibility index (Phi) is 7.10. The lowest BCUT2D eigenvalue weighted by atomic mass is 9.78. The maximum atomic E-state index is 14.1. The average Bonchev–Trinajstić information content (AvgIpc) is 3.20. The minimum Gasteiger partial charge on any atom is -0.331 e. The summed E-state index contributed by atoms with van der Waals surface area (Å²) < 4.78 is 0. The van der Waals surface area contributed by atoms with Gasteiger partial charge in [0.2, 0.25) is 0 Å². The van der Waals surface area contributed by atoms with E-state index in [1.807, 2.05) is 119 Å². The lowest BCUT2D eigenvalue weighted by Crippen LogP contribution is -2.51. The molecule has 35 heavy (non-hydrogen) atoms. The van der Waals surface area contributed by atoms with Gasteiger partial charge in [-0.25, -0.2) is 4.79 Å². The molecule has 3 aromatic carbocycles. The summed E-state index contributed by atoms with van der Waals surface area (Å²) in [6.07, 6.45) is 0. The molecular formula is C29H32N4O2. The molecule has 6 nitrogen and oxygen atoms in total. The summed E-state index contributed by atoms with van der Waals surface area (Å²) in [6, 6.07) is 27.1. The number of benzene rings is 3. The smallest absolute Gasteiger partial charge is 0.325 e. The Labute approximate surface area is 207 Å². The number of azo groups is 1. The molecule has 0 bridgehead atoms. The fourth-order valence-corrected chi connectivity index (χ4v) is 4.74. The van der Waals surface area contributed by atoms with Crippen molar-refractivity contribution in [1.82, 2.24) is 10.2 Å². The SMILES string of the molecule is C[C@H](NC(=O)N(C(=O)C1N=NC(C)(C)C1c1ccccc1)[C@@H](C)c1ccccc1)c1ccccc1. The first kappa shape index (κ1) is 24.3. The third kappa shape index (κ3) is 5.16. The fourth-order valence-electron chi connectivity index (χ4n) is 4.74. The average molecular weight is 469 g/mol. The number of rotatable bonds is 6. The Morgan fingerprint density at radius 1 is 0.829 bits per heavy atom. The number of urea groups is 1. The van der Waals surface area contributed by atoms with E-state index >= 15 is 0 Å². The van der Waals surface area contributed by atoms with Crippen molar-refractivity contribution in [3.05, 3.63) is 108 Å². The van der Waals surface area contributed by atoms with Gasteiger partial charge in [-0.05, 0) is 44.4 Å². The molecule has 3 aromatic rings. The van der Waals surface area contributed by atoms with Crippen molar-refractivity contribution in [2.45, 2.75) is 57.3 Å². The minimum absolute atomic E-state index is 0.270. The Hall–Kier alpha value is -3.80. The van der Waals surface area contributed by atoms with E-state index in [2.05, 4.69) is 15.5 Å². The monoisotopic (exact) mass is 468 g/mol. The highest BCUT2D eigenvalue weighted by Gasteiger charge is 2.48. The van der Waals surface area contributed by atoms with Crippen molar-refractivity contribution in [3.8, 4) is 0 Å².